The summed E-state index contributed by atoms with van der Waals surface area (Å²) in [6.45, 7) is 6.14. The molecule has 12 heavy (non-hydrogen) atoms. The maximum absolute atomic E-state index is 11.1. The Balaban J connectivity index is 2.61. The van der Waals surface area contributed by atoms with Crippen molar-refractivity contribution in [2.24, 2.45) is 5.92 Å². The number of carbonyl (C=O) groups excluding carboxylic acids is 1. The molecular weight excluding hydrogens is 152 g/mol. The fourth-order valence-corrected chi connectivity index (χ4v) is 1.35. The molecule has 0 aliphatic carbocycles. The summed E-state index contributed by atoms with van der Waals surface area (Å²) in [6, 6.07) is 0. The largest absolute Gasteiger partial charge is 0.459 e. The number of rotatable bonds is 1. The van der Waals surface area contributed by atoms with Crippen molar-refractivity contribution < 1.29 is 9.53 Å². The van der Waals surface area contributed by atoms with Gasteiger partial charge in [-0.25, -0.2) is 4.79 Å². The van der Waals surface area contributed by atoms with Gasteiger partial charge in [-0.2, -0.15) is 0 Å². The van der Waals surface area contributed by atoms with E-state index in [4.69, 9.17) is 4.74 Å². The molecule has 0 saturated carbocycles. The van der Waals surface area contributed by atoms with E-state index in [-0.39, 0.29) is 12.1 Å². The van der Waals surface area contributed by atoms with E-state index < -0.39 is 0 Å². The molecule has 0 radical (unpaired) electrons. The lowest BCUT2D eigenvalue weighted by molar-refractivity contribution is -0.144. The second-order valence-corrected chi connectivity index (χ2v) is 3.75. The second kappa shape index (κ2) is 3.74. The van der Waals surface area contributed by atoms with Crippen LogP contribution < -0.4 is 0 Å². The third-order valence-electron chi connectivity index (χ3n) is 2.20. The molecule has 0 aromatic heterocycles. The summed E-state index contributed by atoms with van der Waals surface area (Å²) in [5.74, 6) is 0.247. The number of carbonyl (C=O) groups is 1. The first kappa shape index (κ1) is 9.30. The maximum Gasteiger partial charge on any atom is 0.330 e. The second-order valence-electron chi connectivity index (χ2n) is 3.75. The zero-order valence-corrected chi connectivity index (χ0v) is 7.96. The summed E-state index contributed by atoms with van der Waals surface area (Å²) >= 11 is 0. The van der Waals surface area contributed by atoms with E-state index in [0.29, 0.717) is 5.92 Å². The van der Waals surface area contributed by atoms with E-state index in [1.165, 1.54) is 0 Å². The van der Waals surface area contributed by atoms with Gasteiger partial charge in [-0.15, -0.1) is 0 Å². The zero-order chi connectivity index (χ0) is 9.14. The zero-order valence-electron chi connectivity index (χ0n) is 7.96. The Morgan fingerprint density at radius 1 is 1.58 bits per heavy atom. The van der Waals surface area contributed by atoms with Gasteiger partial charge in [0.05, 0.1) is 0 Å². The Labute approximate surface area is 73.6 Å². The Bertz CT molecular complexity index is 204. The Kier molecular flexibility index (Phi) is 2.90. The van der Waals surface area contributed by atoms with Gasteiger partial charge in [-0.05, 0) is 25.7 Å². The minimum absolute atomic E-state index is 0.103. The van der Waals surface area contributed by atoms with Gasteiger partial charge in [-0.3, -0.25) is 0 Å². The molecule has 0 N–H and O–H groups in total. The summed E-state index contributed by atoms with van der Waals surface area (Å²) in [4.78, 5) is 11.1. The third-order valence-corrected chi connectivity index (χ3v) is 2.20. The van der Waals surface area contributed by atoms with Gasteiger partial charge >= 0.3 is 5.97 Å². The summed E-state index contributed by atoms with van der Waals surface area (Å²) in [6.07, 6.45) is 3.65. The SMILES string of the molecule is CC1=CC(=O)OC(C(C)C)CC1. The van der Waals surface area contributed by atoms with Crippen molar-refractivity contribution in [1.29, 1.82) is 0 Å². The summed E-state index contributed by atoms with van der Waals surface area (Å²) in [5, 5.41) is 0. The van der Waals surface area contributed by atoms with E-state index >= 15 is 0 Å². The van der Waals surface area contributed by atoms with Crippen LogP contribution in [0.1, 0.15) is 33.6 Å². The fraction of sp³-hybridized carbons (Fsp3) is 0.700. The number of esters is 1. The first-order chi connectivity index (χ1) is 5.59. The van der Waals surface area contributed by atoms with Gasteiger partial charge in [0.2, 0.25) is 0 Å². The molecule has 1 aliphatic rings. The van der Waals surface area contributed by atoms with Crippen molar-refractivity contribution in [3.63, 3.8) is 0 Å². The molecular formula is C10H16O2. The maximum atomic E-state index is 11.1. The predicted molar refractivity (Wildman–Crippen MR) is 47.7 cm³/mol. The lowest BCUT2D eigenvalue weighted by Gasteiger charge is -2.18. The topological polar surface area (TPSA) is 26.3 Å². The monoisotopic (exact) mass is 168 g/mol. The first-order valence-corrected chi connectivity index (χ1v) is 4.47. The molecule has 1 unspecified atom stereocenters. The van der Waals surface area contributed by atoms with E-state index in [2.05, 4.69) is 13.8 Å². The van der Waals surface area contributed by atoms with Crippen LogP contribution in [-0.2, 0) is 9.53 Å². The molecule has 0 bridgehead atoms. The number of ether oxygens (including phenoxy) is 1. The Morgan fingerprint density at radius 3 is 2.83 bits per heavy atom. The standard InChI is InChI=1S/C10H16O2/c1-7(2)9-5-4-8(3)6-10(11)12-9/h6-7,9H,4-5H2,1-3H3. The molecule has 0 spiro atoms. The average molecular weight is 168 g/mol. The highest BCUT2D eigenvalue weighted by Gasteiger charge is 2.19. The van der Waals surface area contributed by atoms with Crippen molar-refractivity contribution in [3.05, 3.63) is 11.6 Å². The molecule has 1 atom stereocenters. The van der Waals surface area contributed by atoms with Crippen LogP contribution in [0.2, 0.25) is 0 Å². The summed E-state index contributed by atoms with van der Waals surface area (Å²) in [5.41, 5.74) is 1.13. The summed E-state index contributed by atoms with van der Waals surface area (Å²) < 4.78 is 5.23. The van der Waals surface area contributed by atoms with E-state index in [9.17, 15) is 4.79 Å². The molecule has 1 rings (SSSR count). The molecule has 1 heterocycles. The number of hydrogen-bond donors (Lipinski definition) is 0. The van der Waals surface area contributed by atoms with Crippen LogP contribution in [0, 0.1) is 5.92 Å². The average Bonchev–Trinajstić information content (AvgIpc) is 2.11. The third kappa shape index (κ3) is 2.36. The van der Waals surface area contributed by atoms with Gasteiger partial charge in [0.25, 0.3) is 0 Å². The van der Waals surface area contributed by atoms with Crippen LogP contribution in [0.5, 0.6) is 0 Å². The predicted octanol–water partition coefficient (Wildman–Crippen LogP) is 2.29. The van der Waals surface area contributed by atoms with Gasteiger partial charge in [0, 0.05) is 6.08 Å². The minimum atomic E-state index is -0.177. The fourth-order valence-electron chi connectivity index (χ4n) is 1.35. The van der Waals surface area contributed by atoms with Gasteiger partial charge in [0.15, 0.2) is 0 Å². The summed E-state index contributed by atoms with van der Waals surface area (Å²) in [7, 11) is 0. The number of cyclic esters (lactones) is 1. The van der Waals surface area contributed by atoms with Crippen molar-refractivity contribution >= 4 is 5.97 Å². The van der Waals surface area contributed by atoms with Crippen molar-refractivity contribution in [2.45, 2.75) is 39.7 Å². The van der Waals surface area contributed by atoms with Crippen molar-refractivity contribution in [1.82, 2.24) is 0 Å². The van der Waals surface area contributed by atoms with Crippen LogP contribution in [0.4, 0.5) is 0 Å². The van der Waals surface area contributed by atoms with Crippen LogP contribution in [0.15, 0.2) is 11.6 Å². The van der Waals surface area contributed by atoms with Crippen molar-refractivity contribution in [2.75, 3.05) is 0 Å². The van der Waals surface area contributed by atoms with Crippen LogP contribution in [0.25, 0.3) is 0 Å². The highest BCUT2D eigenvalue weighted by molar-refractivity contribution is 5.83. The Morgan fingerprint density at radius 2 is 2.25 bits per heavy atom. The molecule has 0 aromatic carbocycles. The van der Waals surface area contributed by atoms with Crippen LogP contribution in [-0.4, -0.2) is 12.1 Å². The van der Waals surface area contributed by atoms with Crippen molar-refractivity contribution in [3.8, 4) is 0 Å². The van der Waals surface area contributed by atoms with Crippen LogP contribution in [0.3, 0.4) is 0 Å². The molecule has 68 valence electrons. The van der Waals surface area contributed by atoms with E-state index in [0.717, 1.165) is 18.4 Å². The van der Waals surface area contributed by atoms with Gasteiger partial charge < -0.3 is 4.74 Å². The molecule has 0 saturated heterocycles. The molecule has 0 aromatic rings. The van der Waals surface area contributed by atoms with Crippen LogP contribution >= 0.6 is 0 Å². The molecule has 0 amide bonds. The molecule has 2 nitrogen and oxygen atoms in total. The van der Waals surface area contributed by atoms with Gasteiger partial charge in [-0.1, -0.05) is 19.4 Å². The minimum Gasteiger partial charge on any atom is -0.459 e. The first-order valence-electron chi connectivity index (χ1n) is 4.47. The molecule has 2 heteroatoms. The van der Waals surface area contributed by atoms with Gasteiger partial charge in [0.1, 0.15) is 6.10 Å². The van der Waals surface area contributed by atoms with E-state index in [1.807, 2.05) is 6.92 Å². The lowest BCUT2D eigenvalue weighted by Crippen LogP contribution is -2.21. The highest BCUT2D eigenvalue weighted by atomic mass is 16.5. The highest BCUT2D eigenvalue weighted by Crippen LogP contribution is 2.20. The number of allylic oxidation sites excluding steroid dienone is 1. The number of hydrogen-bond acceptors (Lipinski definition) is 2. The lowest BCUT2D eigenvalue weighted by atomic mass is 10.0. The molecule has 0 fully saturated rings. The smallest absolute Gasteiger partial charge is 0.330 e. The Hall–Kier alpha value is -0.790. The van der Waals surface area contributed by atoms with E-state index in [1.54, 1.807) is 6.08 Å². The quantitative estimate of drug-likeness (QED) is 0.561. The normalized spacial score (nSPS) is 24.8. The molecule has 1 aliphatic heterocycles.